The molecule has 5 nitrogen and oxygen atoms in total. The Bertz CT molecular complexity index is 1160. The molecule has 0 unspecified atom stereocenters. The smallest absolute Gasteiger partial charge is 0.206 e. The van der Waals surface area contributed by atoms with Gasteiger partial charge in [0.2, 0.25) is 9.84 Å². The van der Waals surface area contributed by atoms with Crippen molar-refractivity contribution in [2.75, 3.05) is 32.1 Å². The van der Waals surface area contributed by atoms with Crippen molar-refractivity contribution in [3.8, 4) is 5.75 Å². The molecule has 0 bridgehead atoms. The zero-order valence-corrected chi connectivity index (χ0v) is 19.8. The van der Waals surface area contributed by atoms with Crippen molar-refractivity contribution in [1.82, 2.24) is 4.90 Å². The number of rotatable bonds is 6. The SMILES string of the molecule is COc1ccc(S(=O)(=O)c2ccc(Cl)cc2)cc1N(c1ccccc1)C1CCN(C)CC1. The van der Waals surface area contributed by atoms with Gasteiger partial charge in [0, 0.05) is 16.8 Å². The first-order chi connectivity index (χ1) is 15.4. The summed E-state index contributed by atoms with van der Waals surface area (Å²) in [6.07, 6.45) is 1.95. The van der Waals surface area contributed by atoms with Crippen LogP contribution >= 0.6 is 11.6 Å². The van der Waals surface area contributed by atoms with E-state index in [1.165, 1.54) is 12.1 Å². The molecule has 7 heteroatoms. The Labute approximate surface area is 195 Å². The number of anilines is 2. The van der Waals surface area contributed by atoms with E-state index < -0.39 is 9.84 Å². The number of piperidine rings is 1. The number of hydrogen-bond donors (Lipinski definition) is 0. The third-order valence-electron chi connectivity index (χ3n) is 5.93. The summed E-state index contributed by atoms with van der Waals surface area (Å²) in [5, 5.41) is 0.497. The second-order valence-corrected chi connectivity index (χ2v) is 10.4. The number of methoxy groups -OCH3 is 1. The third-order valence-corrected chi connectivity index (χ3v) is 7.95. The Hall–Kier alpha value is -2.54. The number of ether oxygens (including phenoxy) is 1. The molecule has 1 aliphatic rings. The molecule has 3 aromatic rings. The van der Waals surface area contributed by atoms with Gasteiger partial charge in [0.1, 0.15) is 5.75 Å². The number of likely N-dealkylation sites (tertiary alicyclic amines) is 1. The standard InChI is InChI=1S/C25H27ClN2O3S/c1-27-16-14-21(15-17-27)28(20-6-4-3-5-7-20)24-18-23(12-13-25(24)31-2)32(29,30)22-10-8-19(26)9-11-22/h3-13,18,21H,14-17H2,1-2H3. The van der Waals surface area contributed by atoms with Crippen molar-refractivity contribution in [2.45, 2.75) is 28.7 Å². The maximum Gasteiger partial charge on any atom is 0.206 e. The Morgan fingerprint density at radius 2 is 1.56 bits per heavy atom. The summed E-state index contributed by atoms with van der Waals surface area (Å²) < 4.78 is 32.4. The number of sulfone groups is 1. The highest BCUT2D eigenvalue weighted by atomic mass is 35.5. The van der Waals surface area contributed by atoms with E-state index in [4.69, 9.17) is 16.3 Å². The summed E-state index contributed by atoms with van der Waals surface area (Å²) in [5.74, 6) is 0.642. The fourth-order valence-electron chi connectivity index (χ4n) is 4.16. The molecule has 0 aromatic heterocycles. The average molecular weight is 471 g/mol. The van der Waals surface area contributed by atoms with Crippen LogP contribution in [0.2, 0.25) is 5.02 Å². The maximum absolute atomic E-state index is 13.4. The topological polar surface area (TPSA) is 49.9 Å². The molecule has 1 fully saturated rings. The second-order valence-electron chi connectivity index (χ2n) is 8.03. The molecule has 0 radical (unpaired) electrons. The molecule has 0 spiro atoms. The zero-order valence-electron chi connectivity index (χ0n) is 18.2. The van der Waals surface area contributed by atoms with Crippen molar-refractivity contribution in [3.63, 3.8) is 0 Å². The van der Waals surface area contributed by atoms with Crippen LogP contribution in [0.5, 0.6) is 5.75 Å². The Balaban J connectivity index is 1.83. The van der Waals surface area contributed by atoms with Crippen LogP contribution in [-0.2, 0) is 9.84 Å². The van der Waals surface area contributed by atoms with E-state index in [2.05, 4.69) is 29.0 Å². The lowest BCUT2D eigenvalue weighted by atomic mass is 10.0. The quantitative estimate of drug-likeness (QED) is 0.482. The summed E-state index contributed by atoms with van der Waals surface area (Å²) in [5.41, 5.74) is 1.77. The zero-order chi connectivity index (χ0) is 22.7. The van der Waals surface area contributed by atoms with Gasteiger partial charge < -0.3 is 14.5 Å². The lowest BCUT2D eigenvalue weighted by molar-refractivity contribution is 0.255. The molecule has 168 valence electrons. The van der Waals surface area contributed by atoms with Gasteiger partial charge in [0.15, 0.2) is 0 Å². The number of para-hydroxylation sites is 1. The average Bonchev–Trinajstić information content (AvgIpc) is 2.81. The minimum Gasteiger partial charge on any atom is -0.495 e. The highest BCUT2D eigenvalue weighted by Crippen LogP contribution is 2.40. The lowest BCUT2D eigenvalue weighted by Gasteiger charge is -2.39. The highest BCUT2D eigenvalue weighted by molar-refractivity contribution is 7.91. The number of halogens is 1. The van der Waals surface area contributed by atoms with E-state index in [0.29, 0.717) is 10.8 Å². The van der Waals surface area contributed by atoms with E-state index >= 15 is 0 Å². The molecule has 0 atom stereocenters. The molecule has 0 amide bonds. The van der Waals surface area contributed by atoms with Gasteiger partial charge in [-0.25, -0.2) is 8.42 Å². The van der Waals surface area contributed by atoms with Gasteiger partial charge in [-0.1, -0.05) is 29.8 Å². The molecular weight excluding hydrogens is 444 g/mol. The molecule has 0 aliphatic carbocycles. The third kappa shape index (κ3) is 4.63. The molecule has 1 heterocycles. The molecule has 1 saturated heterocycles. The van der Waals surface area contributed by atoms with Crippen LogP contribution in [0.15, 0.2) is 82.6 Å². The van der Waals surface area contributed by atoms with E-state index in [1.54, 1.807) is 37.4 Å². The Kier molecular flexibility index (Phi) is 6.74. The summed E-state index contributed by atoms with van der Waals surface area (Å²) >= 11 is 5.96. The van der Waals surface area contributed by atoms with Gasteiger partial charge in [-0.2, -0.15) is 0 Å². The summed E-state index contributed by atoms with van der Waals surface area (Å²) in [6, 6.07) is 21.6. The van der Waals surface area contributed by atoms with Crippen LogP contribution in [0, 0.1) is 0 Å². The van der Waals surface area contributed by atoms with Crippen molar-refractivity contribution >= 4 is 32.8 Å². The Morgan fingerprint density at radius 1 is 0.938 bits per heavy atom. The first-order valence-electron chi connectivity index (χ1n) is 10.6. The van der Waals surface area contributed by atoms with E-state index in [0.717, 1.165) is 37.3 Å². The number of hydrogen-bond acceptors (Lipinski definition) is 5. The first kappa shape index (κ1) is 22.6. The van der Waals surface area contributed by atoms with Gasteiger partial charge in [0.05, 0.1) is 22.6 Å². The fourth-order valence-corrected chi connectivity index (χ4v) is 5.57. The summed E-state index contributed by atoms with van der Waals surface area (Å²) in [6.45, 7) is 1.97. The summed E-state index contributed by atoms with van der Waals surface area (Å²) in [7, 11) is 0.0355. The fraction of sp³-hybridized carbons (Fsp3) is 0.280. The van der Waals surface area contributed by atoms with E-state index in [1.807, 2.05) is 18.2 Å². The minimum atomic E-state index is -3.71. The maximum atomic E-state index is 13.4. The van der Waals surface area contributed by atoms with Gasteiger partial charge in [-0.3, -0.25) is 0 Å². The largest absolute Gasteiger partial charge is 0.495 e. The van der Waals surface area contributed by atoms with Crippen LogP contribution < -0.4 is 9.64 Å². The molecule has 3 aromatic carbocycles. The van der Waals surface area contributed by atoms with Crippen molar-refractivity contribution in [1.29, 1.82) is 0 Å². The lowest BCUT2D eigenvalue weighted by Crippen LogP contribution is -2.41. The monoisotopic (exact) mass is 470 g/mol. The van der Waals surface area contributed by atoms with Crippen molar-refractivity contribution < 1.29 is 13.2 Å². The molecule has 32 heavy (non-hydrogen) atoms. The van der Waals surface area contributed by atoms with Gasteiger partial charge in [0.25, 0.3) is 0 Å². The molecular formula is C25H27ClN2O3S. The molecule has 0 N–H and O–H groups in total. The molecule has 4 rings (SSSR count). The predicted octanol–water partition coefficient (Wildman–Crippen LogP) is 5.41. The van der Waals surface area contributed by atoms with Crippen LogP contribution in [0.3, 0.4) is 0 Å². The predicted molar refractivity (Wildman–Crippen MR) is 129 cm³/mol. The Morgan fingerprint density at radius 3 is 2.19 bits per heavy atom. The van der Waals surface area contributed by atoms with Gasteiger partial charge in [-0.15, -0.1) is 0 Å². The first-order valence-corrected chi connectivity index (χ1v) is 12.5. The van der Waals surface area contributed by atoms with Crippen molar-refractivity contribution in [2.24, 2.45) is 0 Å². The van der Waals surface area contributed by atoms with E-state index in [9.17, 15) is 8.42 Å². The van der Waals surface area contributed by atoms with Crippen LogP contribution in [-0.4, -0.2) is 46.6 Å². The summed E-state index contributed by atoms with van der Waals surface area (Å²) in [4.78, 5) is 4.98. The minimum absolute atomic E-state index is 0.212. The molecule has 0 saturated carbocycles. The van der Waals surface area contributed by atoms with Crippen LogP contribution in [0.4, 0.5) is 11.4 Å². The molecule has 1 aliphatic heterocycles. The van der Waals surface area contributed by atoms with Gasteiger partial charge in [-0.05, 0) is 87.6 Å². The van der Waals surface area contributed by atoms with Crippen LogP contribution in [0.25, 0.3) is 0 Å². The number of nitrogens with zero attached hydrogens (tertiary/aromatic N) is 2. The highest BCUT2D eigenvalue weighted by Gasteiger charge is 2.28. The van der Waals surface area contributed by atoms with Crippen molar-refractivity contribution in [3.05, 3.63) is 77.8 Å². The van der Waals surface area contributed by atoms with Crippen LogP contribution in [0.1, 0.15) is 12.8 Å². The second kappa shape index (κ2) is 9.53. The van der Waals surface area contributed by atoms with Gasteiger partial charge >= 0.3 is 0 Å². The number of benzene rings is 3. The normalized spacial score (nSPS) is 15.5. The van der Waals surface area contributed by atoms with E-state index in [-0.39, 0.29) is 15.8 Å².